The summed E-state index contributed by atoms with van der Waals surface area (Å²) < 4.78 is 0. The Morgan fingerprint density at radius 3 is 1.37 bits per heavy atom. The number of fused-ring (bicyclic) bond motifs is 4. The SMILES string of the molecule is c1ccc(-c2nc(-c3ccc(-c4ccc(-c5ccc(-c6ccc7ccc8cccnc8c7n6)cc5)c5ccccc45)cc3)nc(-c3ccccc3-c3ccccc3)n2)cc1. The lowest BCUT2D eigenvalue weighted by Gasteiger charge is -2.14. The Labute approximate surface area is 347 Å². The number of nitrogens with zero attached hydrogens (tertiary/aromatic N) is 5. The summed E-state index contributed by atoms with van der Waals surface area (Å²) in [4.78, 5) is 24.9. The highest BCUT2D eigenvalue weighted by atomic mass is 15.0. The van der Waals surface area contributed by atoms with Gasteiger partial charge >= 0.3 is 0 Å². The average Bonchev–Trinajstić information content (AvgIpc) is 3.34. The van der Waals surface area contributed by atoms with Crippen molar-refractivity contribution in [3.8, 4) is 78.8 Å². The number of benzene rings is 8. The van der Waals surface area contributed by atoms with Crippen molar-refractivity contribution in [2.75, 3.05) is 0 Å². The summed E-state index contributed by atoms with van der Waals surface area (Å²) >= 11 is 0. The van der Waals surface area contributed by atoms with E-state index >= 15 is 0 Å². The molecule has 0 amide bonds. The third kappa shape index (κ3) is 6.45. The number of rotatable bonds is 7. The fraction of sp³-hybridized carbons (Fsp3) is 0. The molecule has 3 heterocycles. The van der Waals surface area contributed by atoms with Crippen molar-refractivity contribution in [2.45, 2.75) is 0 Å². The molecule has 280 valence electrons. The Balaban J connectivity index is 0.936. The van der Waals surface area contributed by atoms with E-state index in [0.29, 0.717) is 17.5 Å². The highest BCUT2D eigenvalue weighted by Crippen LogP contribution is 2.38. The highest BCUT2D eigenvalue weighted by molar-refractivity contribution is 6.06. The molecule has 0 aliphatic heterocycles. The fourth-order valence-electron chi connectivity index (χ4n) is 8.20. The fourth-order valence-corrected chi connectivity index (χ4v) is 8.20. The second-order valence-electron chi connectivity index (χ2n) is 14.9. The second kappa shape index (κ2) is 15.0. The van der Waals surface area contributed by atoms with Crippen molar-refractivity contribution in [1.82, 2.24) is 24.9 Å². The zero-order valence-electron chi connectivity index (χ0n) is 32.4. The topological polar surface area (TPSA) is 64.5 Å². The third-order valence-corrected chi connectivity index (χ3v) is 11.2. The third-order valence-electron chi connectivity index (χ3n) is 11.2. The summed E-state index contributed by atoms with van der Waals surface area (Å²) in [5.74, 6) is 1.90. The summed E-state index contributed by atoms with van der Waals surface area (Å²) in [6, 6.07) is 71.7. The monoisotopic (exact) mass is 765 g/mol. The van der Waals surface area contributed by atoms with Crippen LogP contribution in [0.25, 0.3) is 111 Å². The van der Waals surface area contributed by atoms with E-state index in [2.05, 4.69) is 163 Å². The van der Waals surface area contributed by atoms with Crippen molar-refractivity contribution in [2.24, 2.45) is 0 Å². The van der Waals surface area contributed by atoms with Gasteiger partial charge in [-0.3, -0.25) is 4.98 Å². The molecule has 0 spiro atoms. The van der Waals surface area contributed by atoms with E-state index in [0.717, 1.165) is 77.6 Å². The van der Waals surface area contributed by atoms with E-state index in [4.69, 9.17) is 19.9 Å². The van der Waals surface area contributed by atoms with Crippen LogP contribution >= 0.6 is 0 Å². The molecule has 60 heavy (non-hydrogen) atoms. The van der Waals surface area contributed by atoms with Gasteiger partial charge < -0.3 is 0 Å². The summed E-state index contributed by atoms with van der Waals surface area (Å²) in [7, 11) is 0. The van der Waals surface area contributed by atoms with Gasteiger partial charge in [-0.1, -0.05) is 194 Å². The summed E-state index contributed by atoms with van der Waals surface area (Å²) in [6.45, 7) is 0. The molecule has 5 heteroatoms. The quantitative estimate of drug-likeness (QED) is 0.151. The predicted octanol–water partition coefficient (Wildman–Crippen LogP) is 13.8. The summed E-state index contributed by atoms with van der Waals surface area (Å²) in [6.07, 6.45) is 1.83. The molecule has 0 unspecified atom stereocenters. The van der Waals surface area contributed by atoms with E-state index in [1.165, 1.54) is 16.3 Å². The molecule has 3 aromatic heterocycles. The van der Waals surface area contributed by atoms with Crippen molar-refractivity contribution >= 4 is 32.6 Å². The van der Waals surface area contributed by atoms with Gasteiger partial charge in [0.2, 0.25) is 0 Å². The molecule has 0 saturated carbocycles. The van der Waals surface area contributed by atoms with Crippen molar-refractivity contribution in [1.29, 1.82) is 0 Å². The lowest BCUT2D eigenvalue weighted by molar-refractivity contribution is 1.07. The van der Waals surface area contributed by atoms with Gasteiger partial charge in [-0.15, -0.1) is 0 Å². The van der Waals surface area contributed by atoms with Crippen molar-refractivity contribution in [3.05, 3.63) is 212 Å². The van der Waals surface area contributed by atoms with Gasteiger partial charge in [0.05, 0.1) is 16.7 Å². The van der Waals surface area contributed by atoms with Gasteiger partial charge in [0, 0.05) is 39.2 Å². The molecule has 11 aromatic rings. The number of hydrogen-bond acceptors (Lipinski definition) is 5. The predicted molar refractivity (Wildman–Crippen MR) is 246 cm³/mol. The first-order valence-corrected chi connectivity index (χ1v) is 20.1. The Morgan fingerprint density at radius 1 is 0.250 bits per heavy atom. The molecular weight excluding hydrogens is 731 g/mol. The van der Waals surface area contributed by atoms with Gasteiger partial charge in [-0.2, -0.15) is 0 Å². The molecule has 0 radical (unpaired) electrons. The molecular formula is C55H35N5. The van der Waals surface area contributed by atoms with Crippen LogP contribution in [0.15, 0.2) is 212 Å². The zero-order chi connectivity index (χ0) is 39.8. The van der Waals surface area contributed by atoms with E-state index < -0.39 is 0 Å². The molecule has 0 N–H and O–H groups in total. The van der Waals surface area contributed by atoms with Gasteiger partial charge in [-0.05, 0) is 56.3 Å². The number of aromatic nitrogens is 5. The normalized spacial score (nSPS) is 11.3. The maximum atomic E-state index is 5.10. The summed E-state index contributed by atoms with van der Waals surface area (Å²) in [5.41, 5.74) is 13.5. The van der Waals surface area contributed by atoms with Crippen LogP contribution in [0.1, 0.15) is 0 Å². The minimum atomic E-state index is 0.626. The van der Waals surface area contributed by atoms with Crippen LogP contribution in [-0.4, -0.2) is 24.9 Å². The Hall–Kier alpha value is -8.15. The minimum Gasteiger partial charge on any atom is -0.254 e. The van der Waals surface area contributed by atoms with Crippen molar-refractivity contribution < 1.29 is 0 Å². The van der Waals surface area contributed by atoms with E-state index in [-0.39, 0.29) is 0 Å². The second-order valence-corrected chi connectivity index (χ2v) is 14.9. The Bertz CT molecular complexity index is 3350. The standard InChI is InChI=1S/C55H35N5/c1-3-12-36(13-4-1)44-17-7-10-20-49(44)55-59-53(42-14-5-2-6-15-42)58-54(60-55)43-29-23-38(24-30-43)46-33-32-45(47-18-8-9-19-48(46)47)37-21-25-39(26-22-37)50-34-31-41-28-27-40-16-11-35-56-51(40)52(41)57-50/h1-35H. The molecule has 0 bridgehead atoms. The first-order valence-electron chi connectivity index (χ1n) is 20.1. The van der Waals surface area contributed by atoms with E-state index in [1.54, 1.807) is 0 Å². The average molecular weight is 766 g/mol. The largest absolute Gasteiger partial charge is 0.254 e. The Kier molecular flexibility index (Phi) is 8.75. The first-order chi connectivity index (χ1) is 29.7. The maximum Gasteiger partial charge on any atom is 0.164 e. The number of hydrogen-bond donors (Lipinski definition) is 0. The molecule has 0 fully saturated rings. The Morgan fingerprint density at radius 2 is 0.717 bits per heavy atom. The first kappa shape index (κ1) is 35.0. The van der Waals surface area contributed by atoms with E-state index in [9.17, 15) is 0 Å². The number of pyridine rings is 2. The summed E-state index contributed by atoms with van der Waals surface area (Å²) in [5, 5.41) is 4.56. The van der Waals surface area contributed by atoms with Crippen LogP contribution in [0.4, 0.5) is 0 Å². The minimum absolute atomic E-state index is 0.626. The molecule has 0 saturated heterocycles. The van der Waals surface area contributed by atoms with Gasteiger partial charge in [0.15, 0.2) is 17.5 Å². The van der Waals surface area contributed by atoms with Crippen LogP contribution in [0.3, 0.4) is 0 Å². The van der Waals surface area contributed by atoms with Crippen LogP contribution in [0, 0.1) is 0 Å². The molecule has 0 atom stereocenters. The lowest BCUT2D eigenvalue weighted by Crippen LogP contribution is -2.01. The van der Waals surface area contributed by atoms with Crippen LogP contribution in [0.2, 0.25) is 0 Å². The van der Waals surface area contributed by atoms with Crippen LogP contribution < -0.4 is 0 Å². The smallest absolute Gasteiger partial charge is 0.164 e. The lowest BCUT2D eigenvalue weighted by atomic mass is 9.91. The molecule has 0 aliphatic rings. The molecule has 8 aromatic carbocycles. The highest BCUT2D eigenvalue weighted by Gasteiger charge is 2.17. The van der Waals surface area contributed by atoms with E-state index in [1.807, 2.05) is 54.7 Å². The van der Waals surface area contributed by atoms with Gasteiger partial charge in [-0.25, -0.2) is 19.9 Å². The maximum absolute atomic E-state index is 5.10. The van der Waals surface area contributed by atoms with Gasteiger partial charge in [0.1, 0.15) is 0 Å². The molecule has 0 aliphatic carbocycles. The zero-order valence-corrected chi connectivity index (χ0v) is 32.4. The van der Waals surface area contributed by atoms with Crippen molar-refractivity contribution in [3.63, 3.8) is 0 Å². The molecule has 5 nitrogen and oxygen atoms in total. The van der Waals surface area contributed by atoms with Crippen LogP contribution in [-0.2, 0) is 0 Å². The molecule has 11 rings (SSSR count). The van der Waals surface area contributed by atoms with Gasteiger partial charge in [0.25, 0.3) is 0 Å². The van der Waals surface area contributed by atoms with Crippen LogP contribution in [0.5, 0.6) is 0 Å².